The lowest BCUT2D eigenvalue weighted by Crippen LogP contribution is -2.54. The molecule has 1 N–H and O–H groups in total. The van der Waals surface area contributed by atoms with Gasteiger partial charge in [-0.25, -0.2) is 8.42 Å². The van der Waals surface area contributed by atoms with Gasteiger partial charge in [0.1, 0.15) is 12.6 Å². The molecule has 9 heteroatoms. The van der Waals surface area contributed by atoms with Crippen molar-refractivity contribution in [2.45, 2.75) is 65.1 Å². The van der Waals surface area contributed by atoms with Crippen LogP contribution in [0.2, 0.25) is 0 Å². The topological polar surface area (TPSA) is 86.8 Å². The van der Waals surface area contributed by atoms with Crippen molar-refractivity contribution in [3.05, 3.63) is 100 Å². The molecule has 0 radical (unpaired) electrons. The molecule has 0 aliphatic carbocycles. The second-order valence-corrected chi connectivity index (χ2v) is 14.4. The number of benzene rings is 3. The molecule has 220 valence electrons. The van der Waals surface area contributed by atoms with Gasteiger partial charge in [-0.05, 0) is 60.2 Å². The first-order valence-electron chi connectivity index (χ1n) is 13.6. The number of nitrogens with one attached hydrogen (secondary N) is 1. The van der Waals surface area contributed by atoms with Gasteiger partial charge in [-0.2, -0.15) is 0 Å². The zero-order chi connectivity index (χ0) is 30.4. The summed E-state index contributed by atoms with van der Waals surface area (Å²) in [6.45, 7) is 9.65. The predicted molar refractivity (Wildman–Crippen MR) is 169 cm³/mol. The summed E-state index contributed by atoms with van der Waals surface area (Å²) in [6.07, 6.45) is 1.36. The van der Waals surface area contributed by atoms with Crippen molar-refractivity contribution in [2.24, 2.45) is 0 Å². The summed E-state index contributed by atoms with van der Waals surface area (Å²) in [5.74, 6) is -0.775. The maximum absolute atomic E-state index is 14.1. The Balaban J connectivity index is 2.05. The zero-order valence-corrected chi connectivity index (χ0v) is 27.0. The lowest BCUT2D eigenvalue weighted by atomic mass is 9.87. The van der Waals surface area contributed by atoms with Gasteiger partial charge in [0.15, 0.2) is 0 Å². The summed E-state index contributed by atoms with van der Waals surface area (Å²) in [4.78, 5) is 29.2. The number of hydrogen-bond acceptors (Lipinski definition) is 4. The molecule has 41 heavy (non-hydrogen) atoms. The van der Waals surface area contributed by atoms with Crippen LogP contribution in [0.4, 0.5) is 5.69 Å². The van der Waals surface area contributed by atoms with Gasteiger partial charge in [0.2, 0.25) is 21.8 Å². The molecule has 0 spiro atoms. The van der Waals surface area contributed by atoms with Gasteiger partial charge < -0.3 is 10.2 Å². The molecule has 0 aliphatic heterocycles. The van der Waals surface area contributed by atoms with E-state index in [0.717, 1.165) is 31.7 Å². The van der Waals surface area contributed by atoms with E-state index in [1.165, 1.54) is 4.90 Å². The van der Waals surface area contributed by atoms with Crippen LogP contribution in [0.15, 0.2) is 83.3 Å². The number of rotatable bonds is 11. The first-order chi connectivity index (χ1) is 19.1. The Bertz CT molecular complexity index is 1440. The van der Waals surface area contributed by atoms with Gasteiger partial charge in [0, 0.05) is 23.5 Å². The third-order valence-electron chi connectivity index (χ3n) is 6.64. The monoisotopic (exact) mass is 641 g/mol. The lowest BCUT2D eigenvalue weighted by Gasteiger charge is -2.34. The summed E-state index contributed by atoms with van der Waals surface area (Å²) in [7, 11) is -3.82. The fourth-order valence-corrected chi connectivity index (χ4v) is 5.80. The summed E-state index contributed by atoms with van der Waals surface area (Å²) in [5.41, 5.74) is 3.03. The van der Waals surface area contributed by atoms with E-state index < -0.39 is 28.5 Å². The Kier molecular flexibility index (Phi) is 10.8. The number of nitrogens with zero attached hydrogens (tertiary/aromatic N) is 2. The molecule has 0 saturated carbocycles. The van der Waals surface area contributed by atoms with E-state index >= 15 is 0 Å². The van der Waals surface area contributed by atoms with Crippen molar-refractivity contribution < 1.29 is 18.0 Å². The number of halogens is 1. The molecule has 0 fully saturated rings. The summed E-state index contributed by atoms with van der Waals surface area (Å²) in [6, 6.07) is 23.2. The number of sulfonamides is 1. The van der Waals surface area contributed by atoms with E-state index in [4.69, 9.17) is 0 Å². The van der Waals surface area contributed by atoms with Crippen LogP contribution in [0.25, 0.3) is 0 Å². The maximum atomic E-state index is 14.1. The molecule has 3 aromatic carbocycles. The number of amides is 2. The van der Waals surface area contributed by atoms with Gasteiger partial charge in [0.25, 0.3) is 0 Å². The standard InChI is InChI=1S/C32H40BrN3O4S/c1-23(2)34-31(38)29(20-24-11-8-7-9-12-24)35(21-25-13-10-14-27(33)19-25)30(37)22-36(41(6,39)40)28-17-15-26(16-18-28)32(3,4)5/h7-19,23,29H,20-22H2,1-6H3,(H,34,38)/t29-/m0/s1. The van der Waals surface area contributed by atoms with Crippen LogP contribution < -0.4 is 9.62 Å². The van der Waals surface area contributed by atoms with E-state index in [2.05, 4.69) is 42.0 Å². The third kappa shape index (κ3) is 9.43. The Labute approximate surface area is 253 Å². The average molecular weight is 643 g/mol. The predicted octanol–water partition coefficient (Wildman–Crippen LogP) is 5.68. The molecule has 2 amide bonds. The van der Waals surface area contributed by atoms with Gasteiger partial charge in [-0.1, -0.05) is 91.3 Å². The van der Waals surface area contributed by atoms with E-state index in [1.807, 2.05) is 80.6 Å². The Morgan fingerprint density at radius 2 is 1.51 bits per heavy atom. The average Bonchev–Trinajstić information content (AvgIpc) is 2.88. The minimum absolute atomic E-state index is 0.112. The molecule has 0 heterocycles. The molecule has 3 rings (SSSR count). The van der Waals surface area contributed by atoms with Crippen LogP contribution in [-0.4, -0.2) is 50.0 Å². The zero-order valence-electron chi connectivity index (χ0n) is 24.6. The maximum Gasteiger partial charge on any atom is 0.244 e. The summed E-state index contributed by atoms with van der Waals surface area (Å²) >= 11 is 3.49. The van der Waals surface area contributed by atoms with Gasteiger partial charge in [-0.15, -0.1) is 0 Å². The second-order valence-electron chi connectivity index (χ2n) is 11.6. The van der Waals surface area contributed by atoms with E-state index in [9.17, 15) is 18.0 Å². The minimum Gasteiger partial charge on any atom is -0.352 e. The van der Waals surface area contributed by atoms with E-state index in [1.54, 1.807) is 12.1 Å². The molecular formula is C32H40BrN3O4S. The lowest BCUT2D eigenvalue weighted by molar-refractivity contribution is -0.140. The van der Waals surface area contributed by atoms with Gasteiger partial charge in [-0.3, -0.25) is 13.9 Å². The van der Waals surface area contributed by atoms with Crippen molar-refractivity contribution in [3.8, 4) is 0 Å². The Morgan fingerprint density at radius 1 is 0.902 bits per heavy atom. The number of carbonyl (C=O) groups is 2. The smallest absolute Gasteiger partial charge is 0.244 e. The fraction of sp³-hybridized carbons (Fsp3) is 0.375. The summed E-state index contributed by atoms with van der Waals surface area (Å²) in [5, 5.41) is 2.96. The first kappa shape index (κ1) is 32.3. The number of hydrogen-bond donors (Lipinski definition) is 1. The highest BCUT2D eigenvalue weighted by Gasteiger charge is 2.33. The molecule has 0 saturated heterocycles. The molecule has 3 aromatic rings. The third-order valence-corrected chi connectivity index (χ3v) is 8.28. The first-order valence-corrected chi connectivity index (χ1v) is 16.3. The SMILES string of the molecule is CC(C)NC(=O)[C@H](Cc1ccccc1)N(Cc1cccc(Br)c1)C(=O)CN(c1ccc(C(C)(C)C)cc1)S(C)(=O)=O. The molecule has 0 unspecified atom stereocenters. The van der Waals surface area contributed by atoms with Crippen LogP contribution in [0.3, 0.4) is 0 Å². The van der Waals surface area contributed by atoms with Crippen LogP contribution in [0.5, 0.6) is 0 Å². The molecule has 1 atom stereocenters. The number of carbonyl (C=O) groups excluding carboxylic acids is 2. The largest absolute Gasteiger partial charge is 0.352 e. The molecule has 7 nitrogen and oxygen atoms in total. The Hall–Kier alpha value is -3.17. The van der Waals surface area contributed by atoms with Crippen molar-refractivity contribution >= 4 is 43.5 Å². The van der Waals surface area contributed by atoms with E-state index in [0.29, 0.717) is 5.69 Å². The van der Waals surface area contributed by atoms with Crippen LogP contribution in [-0.2, 0) is 38.0 Å². The van der Waals surface area contributed by atoms with Crippen molar-refractivity contribution in [2.75, 3.05) is 17.1 Å². The quantitative estimate of drug-likeness (QED) is 0.292. The highest BCUT2D eigenvalue weighted by Crippen LogP contribution is 2.26. The van der Waals surface area contributed by atoms with Crippen molar-refractivity contribution in [1.82, 2.24) is 10.2 Å². The highest BCUT2D eigenvalue weighted by molar-refractivity contribution is 9.10. The Morgan fingerprint density at radius 3 is 2.05 bits per heavy atom. The van der Waals surface area contributed by atoms with Crippen LogP contribution >= 0.6 is 15.9 Å². The molecule has 0 aromatic heterocycles. The molecule has 0 bridgehead atoms. The van der Waals surface area contributed by atoms with E-state index in [-0.39, 0.29) is 30.3 Å². The van der Waals surface area contributed by atoms with Crippen LogP contribution in [0.1, 0.15) is 51.3 Å². The molecular weight excluding hydrogens is 602 g/mol. The van der Waals surface area contributed by atoms with Crippen molar-refractivity contribution in [1.29, 1.82) is 0 Å². The molecule has 0 aliphatic rings. The normalized spacial score (nSPS) is 12.6. The summed E-state index contributed by atoms with van der Waals surface area (Å²) < 4.78 is 27.9. The second kappa shape index (κ2) is 13.7. The number of anilines is 1. The minimum atomic E-state index is -3.82. The fourth-order valence-electron chi connectivity index (χ4n) is 4.51. The van der Waals surface area contributed by atoms with Crippen molar-refractivity contribution in [3.63, 3.8) is 0 Å². The van der Waals surface area contributed by atoms with Gasteiger partial charge in [0.05, 0.1) is 11.9 Å². The van der Waals surface area contributed by atoms with Crippen LogP contribution in [0, 0.1) is 0 Å². The highest BCUT2D eigenvalue weighted by atomic mass is 79.9. The van der Waals surface area contributed by atoms with Gasteiger partial charge >= 0.3 is 0 Å².